The lowest BCUT2D eigenvalue weighted by atomic mass is 10.1. The van der Waals surface area contributed by atoms with Gasteiger partial charge in [0.15, 0.2) is 0 Å². The van der Waals surface area contributed by atoms with E-state index < -0.39 is 0 Å². The number of nitrogens with two attached hydrogens (primary N) is 1. The lowest BCUT2D eigenvalue weighted by Crippen LogP contribution is -2.34. The number of hydrazone groups is 1. The van der Waals surface area contributed by atoms with Gasteiger partial charge in [0.2, 0.25) is 5.91 Å². The zero-order valence-electron chi connectivity index (χ0n) is 8.79. The molecule has 1 heterocycles. The van der Waals surface area contributed by atoms with Crippen LogP contribution in [-0.2, 0) is 4.79 Å². The van der Waals surface area contributed by atoms with Crippen molar-refractivity contribution in [3.63, 3.8) is 0 Å². The molecule has 1 amide bonds. The summed E-state index contributed by atoms with van der Waals surface area (Å²) in [5.41, 5.74) is 7.58. The first-order valence-corrected chi connectivity index (χ1v) is 4.83. The highest BCUT2D eigenvalue weighted by Crippen LogP contribution is 2.08. The van der Waals surface area contributed by atoms with Crippen LogP contribution in [0.25, 0.3) is 0 Å². The van der Waals surface area contributed by atoms with Gasteiger partial charge in [0.25, 0.3) is 0 Å². The molecular weight excluding hydrogens is 178 g/mol. The first-order valence-electron chi connectivity index (χ1n) is 4.83. The van der Waals surface area contributed by atoms with Crippen molar-refractivity contribution in [2.24, 2.45) is 10.8 Å². The lowest BCUT2D eigenvalue weighted by molar-refractivity contribution is -0.131. The summed E-state index contributed by atoms with van der Waals surface area (Å²) in [7, 11) is 0. The monoisotopic (exact) mass is 195 g/mol. The largest absolute Gasteiger partial charge is 0.325 e. The number of carbonyl (C=O) groups is 1. The molecule has 1 aliphatic heterocycles. The van der Waals surface area contributed by atoms with Gasteiger partial charge >= 0.3 is 0 Å². The van der Waals surface area contributed by atoms with Crippen molar-refractivity contribution in [1.82, 2.24) is 5.01 Å². The second kappa shape index (κ2) is 4.91. The summed E-state index contributed by atoms with van der Waals surface area (Å²) in [6, 6.07) is 0. The van der Waals surface area contributed by atoms with E-state index in [0.29, 0.717) is 25.9 Å². The molecule has 1 aliphatic rings. The Balaban J connectivity index is 2.65. The summed E-state index contributed by atoms with van der Waals surface area (Å²) < 4.78 is 0. The Hall–Kier alpha value is -1.16. The van der Waals surface area contributed by atoms with Crippen LogP contribution in [0.5, 0.6) is 0 Å². The van der Waals surface area contributed by atoms with Crippen LogP contribution in [0.2, 0.25) is 0 Å². The van der Waals surface area contributed by atoms with Crippen LogP contribution in [0, 0.1) is 0 Å². The molecule has 0 spiro atoms. The molecule has 0 aromatic heterocycles. The number of amides is 1. The Labute approximate surface area is 84.5 Å². The number of nitrogens with zero attached hydrogens (tertiary/aromatic N) is 2. The van der Waals surface area contributed by atoms with Crippen LogP contribution >= 0.6 is 0 Å². The average molecular weight is 195 g/mol. The maximum Gasteiger partial charge on any atom is 0.243 e. The van der Waals surface area contributed by atoms with Crippen LogP contribution in [-0.4, -0.2) is 29.7 Å². The Morgan fingerprint density at radius 2 is 2.29 bits per heavy atom. The first-order chi connectivity index (χ1) is 6.63. The van der Waals surface area contributed by atoms with Crippen molar-refractivity contribution >= 4 is 11.6 Å². The molecule has 0 bridgehead atoms. The molecular formula is C10H17N3O. The van der Waals surface area contributed by atoms with Gasteiger partial charge in [-0.2, -0.15) is 5.10 Å². The zero-order valence-corrected chi connectivity index (χ0v) is 8.79. The molecule has 0 saturated carbocycles. The Morgan fingerprint density at radius 3 is 2.86 bits per heavy atom. The predicted molar refractivity (Wildman–Crippen MR) is 56.9 cm³/mol. The minimum absolute atomic E-state index is 0.0831. The van der Waals surface area contributed by atoms with E-state index in [0.717, 1.165) is 5.71 Å². The molecule has 14 heavy (non-hydrogen) atoms. The zero-order chi connectivity index (χ0) is 10.6. The summed E-state index contributed by atoms with van der Waals surface area (Å²) in [5, 5.41) is 5.68. The second-order valence-electron chi connectivity index (χ2n) is 3.63. The van der Waals surface area contributed by atoms with Crippen LogP contribution in [0.1, 0.15) is 26.7 Å². The molecule has 0 radical (unpaired) electrons. The van der Waals surface area contributed by atoms with E-state index in [4.69, 9.17) is 5.73 Å². The van der Waals surface area contributed by atoms with Gasteiger partial charge in [0.1, 0.15) is 0 Å². The summed E-state index contributed by atoms with van der Waals surface area (Å²) in [6.45, 7) is 5.01. The van der Waals surface area contributed by atoms with Crippen molar-refractivity contribution in [1.29, 1.82) is 0 Å². The maximum atomic E-state index is 11.4. The molecule has 0 aliphatic carbocycles. The van der Waals surface area contributed by atoms with E-state index >= 15 is 0 Å². The predicted octanol–water partition coefficient (Wildman–Crippen LogP) is 0.890. The molecule has 0 fully saturated rings. The third-order valence-corrected chi connectivity index (χ3v) is 2.09. The molecule has 0 aromatic rings. The number of hydrogen-bond donors (Lipinski definition) is 1. The highest BCUT2D eigenvalue weighted by Gasteiger charge is 2.18. The van der Waals surface area contributed by atoms with E-state index in [1.165, 1.54) is 10.6 Å². The van der Waals surface area contributed by atoms with E-state index in [1.807, 2.05) is 19.9 Å². The van der Waals surface area contributed by atoms with E-state index in [-0.39, 0.29) is 5.91 Å². The van der Waals surface area contributed by atoms with Crippen molar-refractivity contribution in [2.75, 3.05) is 13.1 Å². The molecule has 0 aromatic carbocycles. The molecule has 0 saturated heterocycles. The number of rotatable bonds is 3. The SMILES string of the molecule is CC(C)=CCN1N=C(CN)CCC1=O. The highest BCUT2D eigenvalue weighted by molar-refractivity contribution is 5.93. The van der Waals surface area contributed by atoms with Crippen molar-refractivity contribution in [2.45, 2.75) is 26.7 Å². The van der Waals surface area contributed by atoms with Crippen molar-refractivity contribution < 1.29 is 4.79 Å². The van der Waals surface area contributed by atoms with Gasteiger partial charge in [0, 0.05) is 13.0 Å². The topological polar surface area (TPSA) is 58.7 Å². The molecule has 4 heteroatoms. The highest BCUT2D eigenvalue weighted by atomic mass is 16.2. The standard InChI is InChI=1S/C10H17N3O/c1-8(2)5-6-13-10(14)4-3-9(7-11)12-13/h5H,3-4,6-7,11H2,1-2H3. The fourth-order valence-corrected chi connectivity index (χ4v) is 1.21. The van der Waals surface area contributed by atoms with Gasteiger partial charge in [0.05, 0.1) is 12.3 Å². The summed E-state index contributed by atoms with van der Waals surface area (Å²) in [5.74, 6) is 0.0831. The molecule has 0 unspecified atom stereocenters. The first kappa shape index (κ1) is 10.9. The fourth-order valence-electron chi connectivity index (χ4n) is 1.21. The third kappa shape index (κ3) is 2.96. The Bertz CT molecular complexity index is 277. The van der Waals surface area contributed by atoms with Gasteiger partial charge in [-0.1, -0.05) is 11.6 Å². The molecule has 0 atom stereocenters. The minimum atomic E-state index is 0.0831. The molecule has 1 rings (SSSR count). The quantitative estimate of drug-likeness (QED) is 0.680. The number of allylic oxidation sites excluding steroid dienone is 1. The number of hydrogen-bond acceptors (Lipinski definition) is 3. The fraction of sp³-hybridized carbons (Fsp3) is 0.600. The summed E-state index contributed by atoms with van der Waals surface area (Å²) in [6.07, 6.45) is 3.23. The van der Waals surface area contributed by atoms with Gasteiger partial charge in [-0.25, -0.2) is 5.01 Å². The normalized spacial score (nSPS) is 16.6. The van der Waals surface area contributed by atoms with Crippen molar-refractivity contribution in [3.05, 3.63) is 11.6 Å². The Morgan fingerprint density at radius 1 is 1.57 bits per heavy atom. The molecule has 2 N–H and O–H groups in total. The van der Waals surface area contributed by atoms with Gasteiger partial charge in [-0.05, 0) is 20.3 Å². The van der Waals surface area contributed by atoms with Crippen LogP contribution in [0.4, 0.5) is 0 Å². The van der Waals surface area contributed by atoms with Gasteiger partial charge in [-0.15, -0.1) is 0 Å². The van der Waals surface area contributed by atoms with Gasteiger partial charge < -0.3 is 5.73 Å². The average Bonchev–Trinajstić information content (AvgIpc) is 2.16. The minimum Gasteiger partial charge on any atom is -0.325 e. The maximum absolute atomic E-state index is 11.4. The van der Waals surface area contributed by atoms with Crippen molar-refractivity contribution in [3.8, 4) is 0 Å². The third-order valence-electron chi connectivity index (χ3n) is 2.09. The smallest absolute Gasteiger partial charge is 0.243 e. The Kier molecular flexibility index (Phi) is 3.83. The van der Waals surface area contributed by atoms with E-state index in [2.05, 4.69) is 5.10 Å². The second-order valence-corrected chi connectivity index (χ2v) is 3.63. The molecule has 78 valence electrons. The number of carbonyl (C=O) groups excluding carboxylic acids is 1. The van der Waals surface area contributed by atoms with Crippen LogP contribution in [0.3, 0.4) is 0 Å². The molecule has 4 nitrogen and oxygen atoms in total. The lowest BCUT2D eigenvalue weighted by Gasteiger charge is -2.21. The van der Waals surface area contributed by atoms with Crippen LogP contribution in [0.15, 0.2) is 16.8 Å². The van der Waals surface area contributed by atoms with Crippen LogP contribution < -0.4 is 5.73 Å². The van der Waals surface area contributed by atoms with E-state index in [9.17, 15) is 4.79 Å². The summed E-state index contributed by atoms with van der Waals surface area (Å²) >= 11 is 0. The van der Waals surface area contributed by atoms with E-state index in [1.54, 1.807) is 0 Å². The summed E-state index contributed by atoms with van der Waals surface area (Å²) in [4.78, 5) is 11.4. The van der Waals surface area contributed by atoms with Gasteiger partial charge in [-0.3, -0.25) is 4.79 Å².